The van der Waals surface area contributed by atoms with Gasteiger partial charge in [-0.1, -0.05) is 19.4 Å². The maximum absolute atomic E-state index is 7.47. The number of unbranched alkanes of at least 4 members (excludes halogenated alkanes) is 1. The Balaban J connectivity index is 2.76. The summed E-state index contributed by atoms with van der Waals surface area (Å²) in [6.07, 6.45) is 2.41. The van der Waals surface area contributed by atoms with Crippen LogP contribution in [0.3, 0.4) is 0 Å². The maximum Gasteiger partial charge on any atom is 0.130 e. The highest BCUT2D eigenvalue weighted by Crippen LogP contribution is 2.20. The van der Waals surface area contributed by atoms with Gasteiger partial charge in [0.2, 0.25) is 0 Å². The third-order valence-corrected chi connectivity index (χ3v) is 2.90. The molecule has 100 valence electrons. The predicted molar refractivity (Wildman–Crippen MR) is 75.3 cm³/mol. The van der Waals surface area contributed by atoms with E-state index in [9.17, 15) is 0 Å². The molecule has 4 heteroatoms. The van der Waals surface area contributed by atoms with Gasteiger partial charge < -0.3 is 15.4 Å². The lowest BCUT2D eigenvalue weighted by Crippen LogP contribution is -2.19. The van der Waals surface area contributed by atoms with Crippen LogP contribution in [-0.4, -0.2) is 31.4 Å². The Morgan fingerprint density at radius 2 is 2.17 bits per heavy atom. The van der Waals surface area contributed by atoms with Gasteiger partial charge in [0.1, 0.15) is 11.6 Å². The molecule has 0 atom stereocenters. The van der Waals surface area contributed by atoms with Crippen molar-refractivity contribution in [3.05, 3.63) is 29.3 Å². The standard InChI is InChI=1S/C14H23N3O/c1-4-5-8-17(2)10-11-6-7-12(14(15)16)13(9-11)18-3/h6-7,9H,4-5,8,10H2,1-3H3,(H3,15,16). The Morgan fingerprint density at radius 1 is 1.44 bits per heavy atom. The molecule has 0 bridgehead atoms. The van der Waals surface area contributed by atoms with Crippen molar-refractivity contribution >= 4 is 5.84 Å². The summed E-state index contributed by atoms with van der Waals surface area (Å²) in [5.41, 5.74) is 7.33. The van der Waals surface area contributed by atoms with E-state index in [2.05, 4.69) is 18.9 Å². The van der Waals surface area contributed by atoms with E-state index < -0.39 is 0 Å². The highest BCUT2D eigenvalue weighted by molar-refractivity contribution is 5.97. The lowest BCUT2D eigenvalue weighted by atomic mass is 10.1. The van der Waals surface area contributed by atoms with Crippen molar-refractivity contribution in [2.45, 2.75) is 26.3 Å². The number of amidine groups is 1. The molecule has 0 aliphatic heterocycles. The van der Waals surface area contributed by atoms with E-state index in [4.69, 9.17) is 15.9 Å². The number of hydrogen-bond acceptors (Lipinski definition) is 3. The Bertz CT molecular complexity index is 404. The van der Waals surface area contributed by atoms with E-state index >= 15 is 0 Å². The van der Waals surface area contributed by atoms with Crippen molar-refractivity contribution in [2.24, 2.45) is 5.73 Å². The van der Waals surface area contributed by atoms with Crippen LogP contribution in [0.2, 0.25) is 0 Å². The van der Waals surface area contributed by atoms with Crippen molar-refractivity contribution in [3.63, 3.8) is 0 Å². The van der Waals surface area contributed by atoms with E-state index in [0.717, 1.165) is 13.1 Å². The first-order valence-corrected chi connectivity index (χ1v) is 6.28. The minimum Gasteiger partial charge on any atom is -0.496 e. The largest absolute Gasteiger partial charge is 0.496 e. The van der Waals surface area contributed by atoms with Crippen molar-refractivity contribution in [1.82, 2.24) is 4.90 Å². The zero-order chi connectivity index (χ0) is 13.5. The molecule has 4 nitrogen and oxygen atoms in total. The molecule has 0 amide bonds. The number of ether oxygens (including phenoxy) is 1. The second-order valence-electron chi connectivity index (χ2n) is 4.54. The number of benzene rings is 1. The monoisotopic (exact) mass is 249 g/mol. The van der Waals surface area contributed by atoms with Gasteiger partial charge in [-0.25, -0.2) is 0 Å². The number of methoxy groups -OCH3 is 1. The third-order valence-electron chi connectivity index (χ3n) is 2.90. The topological polar surface area (TPSA) is 62.3 Å². The lowest BCUT2D eigenvalue weighted by Gasteiger charge is -2.17. The molecule has 18 heavy (non-hydrogen) atoms. The molecule has 1 aromatic carbocycles. The van der Waals surface area contributed by atoms with Crippen molar-refractivity contribution in [1.29, 1.82) is 5.41 Å². The minimum atomic E-state index is 0.0396. The number of hydrogen-bond donors (Lipinski definition) is 2. The minimum absolute atomic E-state index is 0.0396. The number of nitrogen functional groups attached to an aromatic ring is 1. The molecular formula is C14H23N3O. The van der Waals surface area contributed by atoms with Crippen LogP contribution in [-0.2, 0) is 6.54 Å². The quantitative estimate of drug-likeness (QED) is 0.575. The molecule has 0 aliphatic rings. The SMILES string of the molecule is CCCCN(C)Cc1ccc(C(=N)N)c(OC)c1. The fraction of sp³-hybridized carbons (Fsp3) is 0.500. The molecule has 0 saturated carbocycles. The van der Waals surface area contributed by atoms with E-state index in [1.54, 1.807) is 7.11 Å². The summed E-state index contributed by atoms with van der Waals surface area (Å²) < 4.78 is 5.27. The Morgan fingerprint density at radius 3 is 2.72 bits per heavy atom. The normalized spacial score (nSPS) is 10.7. The number of nitrogens with one attached hydrogen (secondary N) is 1. The van der Waals surface area contributed by atoms with Crippen LogP contribution >= 0.6 is 0 Å². The van der Waals surface area contributed by atoms with Crippen LogP contribution in [0.5, 0.6) is 5.75 Å². The van der Waals surface area contributed by atoms with E-state index in [1.807, 2.05) is 18.2 Å². The second kappa shape index (κ2) is 7.01. The van der Waals surface area contributed by atoms with Crippen LogP contribution in [0, 0.1) is 5.41 Å². The first-order valence-electron chi connectivity index (χ1n) is 6.28. The number of nitrogens with two attached hydrogens (primary N) is 1. The first-order chi connectivity index (χ1) is 8.58. The molecule has 0 aromatic heterocycles. The summed E-state index contributed by atoms with van der Waals surface area (Å²) in [6.45, 7) is 4.17. The van der Waals surface area contributed by atoms with Crippen LogP contribution in [0.1, 0.15) is 30.9 Å². The van der Waals surface area contributed by atoms with Gasteiger partial charge in [-0.15, -0.1) is 0 Å². The number of nitrogens with zero attached hydrogens (tertiary/aromatic N) is 1. The van der Waals surface area contributed by atoms with Gasteiger partial charge in [0.05, 0.1) is 12.7 Å². The van der Waals surface area contributed by atoms with Gasteiger partial charge >= 0.3 is 0 Å². The fourth-order valence-electron chi connectivity index (χ4n) is 1.88. The summed E-state index contributed by atoms with van der Waals surface area (Å²) in [5.74, 6) is 0.710. The first kappa shape index (κ1) is 14.5. The van der Waals surface area contributed by atoms with E-state index in [-0.39, 0.29) is 5.84 Å². The summed E-state index contributed by atoms with van der Waals surface area (Å²) >= 11 is 0. The van der Waals surface area contributed by atoms with Gasteiger partial charge in [0.15, 0.2) is 0 Å². The average molecular weight is 249 g/mol. The molecule has 3 N–H and O–H groups in total. The molecule has 0 aliphatic carbocycles. The molecule has 0 heterocycles. The van der Waals surface area contributed by atoms with Gasteiger partial charge in [-0.2, -0.15) is 0 Å². The molecule has 0 radical (unpaired) electrons. The summed E-state index contributed by atoms with van der Waals surface area (Å²) in [7, 11) is 3.72. The Hall–Kier alpha value is -1.55. The molecule has 0 unspecified atom stereocenters. The van der Waals surface area contributed by atoms with E-state index in [1.165, 1.54) is 18.4 Å². The van der Waals surface area contributed by atoms with Gasteiger partial charge in [-0.05, 0) is 37.7 Å². The van der Waals surface area contributed by atoms with Gasteiger partial charge in [0.25, 0.3) is 0 Å². The summed E-state index contributed by atoms with van der Waals surface area (Å²) in [6, 6.07) is 5.81. The summed E-state index contributed by atoms with van der Waals surface area (Å²) in [5, 5.41) is 7.47. The van der Waals surface area contributed by atoms with Crippen LogP contribution in [0.4, 0.5) is 0 Å². The molecule has 0 spiro atoms. The molecular weight excluding hydrogens is 226 g/mol. The van der Waals surface area contributed by atoms with Gasteiger partial charge in [-0.3, -0.25) is 5.41 Å². The van der Waals surface area contributed by atoms with Crippen LogP contribution < -0.4 is 10.5 Å². The predicted octanol–water partition coefficient (Wildman–Crippen LogP) is 2.21. The fourth-order valence-corrected chi connectivity index (χ4v) is 1.88. The van der Waals surface area contributed by atoms with Crippen molar-refractivity contribution in [2.75, 3.05) is 20.7 Å². The molecule has 1 rings (SSSR count). The van der Waals surface area contributed by atoms with E-state index in [0.29, 0.717) is 11.3 Å². The van der Waals surface area contributed by atoms with Crippen molar-refractivity contribution < 1.29 is 4.74 Å². The highest BCUT2D eigenvalue weighted by atomic mass is 16.5. The zero-order valence-electron chi connectivity index (χ0n) is 11.5. The Labute approximate surface area is 109 Å². The lowest BCUT2D eigenvalue weighted by molar-refractivity contribution is 0.320. The zero-order valence-corrected chi connectivity index (χ0v) is 11.5. The Kier molecular flexibility index (Phi) is 5.65. The average Bonchev–Trinajstić information content (AvgIpc) is 2.35. The molecule has 0 fully saturated rings. The second-order valence-corrected chi connectivity index (χ2v) is 4.54. The highest BCUT2D eigenvalue weighted by Gasteiger charge is 2.08. The van der Waals surface area contributed by atoms with Crippen molar-refractivity contribution in [3.8, 4) is 5.75 Å². The molecule has 0 saturated heterocycles. The van der Waals surface area contributed by atoms with Gasteiger partial charge in [0, 0.05) is 6.54 Å². The third kappa shape index (κ3) is 4.04. The smallest absolute Gasteiger partial charge is 0.130 e. The molecule has 1 aromatic rings. The van der Waals surface area contributed by atoms with Crippen LogP contribution in [0.15, 0.2) is 18.2 Å². The summed E-state index contributed by atoms with van der Waals surface area (Å²) in [4.78, 5) is 2.28. The number of rotatable bonds is 7. The van der Waals surface area contributed by atoms with Crippen LogP contribution in [0.25, 0.3) is 0 Å². The maximum atomic E-state index is 7.47.